The first kappa shape index (κ1) is 14.0. The summed E-state index contributed by atoms with van der Waals surface area (Å²) in [6.45, 7) is 1.72. The number of hydrogen-bond acceptors (Lipinski definition) is 3. The first-order chi connectivity index (χ1) is 9.19. The van der Waals surface area contributed by atoms with Gasteiger partial charge in [-0.05, 0) is 29.8 Å². The highest BCUT2D eigenvalue weighted by Crippen LogP contribution is 2.16. The molecule has 2 aromatic rings. The molecule has 3 heteroatoms. The van der Waals surface area contributed by atoms with Crippen LogP contribution in [-0.2, 0) is 6.42 Å². The molecule has 0 amide bonds. The van der Waals surface area contributed by atoms with Crippen molar-refractivity contribution in [3.8, 4) is 0 Å². The Kier molecular flexibility index (Phi) is 4.91. The van der Waals surface area contributed by atoms with Crippen LogP contribution in [0.3, 0.4) is 0 Å². The van der Waals surface area contributed by atoms with Crippen LogP contribution in [0.2, 0.25) is 0 Å². The summed E-state index contributed by atoms with van der Waals surface area (Å²) in [4.78, 5) is 2.16. The van der Waals surface area contributed by atoms with Gasteiger partial charge in [0.05, 0.1) is 6.61 Å². The van der Waals surface area contributed by atoms with Crippen LogP contribution in [0.15, 0.2) is 42.5 Å². The molecule has 1 atom stereocenters. The first-order valence-corrected chi connectivity index (χ1v) is 6.71. The molecule has 102 valence electrons. The third kappa shape index (κ3) is 4.03. The molecule has 0 heterocycles. The summed E-state index contributed by atoms with van der Waals surface area (Å²) in [5.41, 5.74) is 7.06. The molecule has 0 saturated heterocycles. The van der Waals surface area contributed by atoms with Crippen LogP contribution in [-0.4, -0.2) is 42.8 Å². The highest BCUT2D eigenvalue weighted by atomic mass is 16.3. The highest BCUT2D eigenvalue weighted by molar-refractivity contribution is 5.82. The highest BCUT2D eigenvalue weighted by Gasteiger charge is 2.05. The van der Waals surface area contributed by atoms with Crippen LogP contribution < -0.4 is 5.73 Å². The largest absolute Gasteiger partial charge is 0.395 e. The minimum absolute atomic E-state index is 0.0420. The molecule has 3 nitrogen and oxygen atoms in total. The summed E-state index contributed by atoms with van der Waals surface area (Å²) in [5.74, 6) is 0. The molecular weight excluding hydrogens is 236 g/mol. The monoisotopic (exact) mass is 258 g/mol. The lowest BCUT2D eigenvalue weighted by molar-refractivity contribution is 0.223. The molecule has 0 fully saturated rings. The van der Waals surface area contributed by atoms with Crippen molar-refractivity contribution in [2.75, 3.05) is 26.7 Å². The van der Waals surface area contributed by atoms with Gasteiger partial charge >= 0.3 is 0 Å². The number of benzene rings is 2. The van der Waals surface area contributed by atoms with Gasteiger partial charge in [0, 0.05) is 19.1 Å². The number of rotatable bonds is 6. The summed E-state index contributed by atoms with van der Waals surface area (Å²) in [6, 6.07) is 14.9. The third-order valence-corrected chi connectivity index (χ3v) is 3.38. The van der Waals surface area contributed by atoms with Gasteiger partial charge in [0.2, 0.25) is 0 Å². The second kappa shape index (κ2) is 6.66. The maximum absolute atomic E-state index is 8.94. The Morgan fingerprint density at radius 2 is 1.89 bits per heavy atom. The number of fused-ring (bicyclic) bond motifs is 1. The molecule has 0 aliphatic heterocycles. The van der Waals surface area contributed by atoms with Gasteiger partial charge in [0.1, 0.15) is 0 Å². The molecule has 0 bridgehead atoms. The lowest BCUT2D eigenvalue weighted by atomic mass is 10.1. The number of aliphatic hydroxyl groups excluding tert-OH is 1. The van der Waals surface area contributed by atoms with Gasteiger partial charge in [0.25, 0.3) is 0 Å². The zero-order valence-electron chi connectivity index (χ0n) is 11.4. The molecule has 3 N–H and O–H groups in total. The summed E-state index contributed by atoms with van der Waals surface area (Å²) in [5, 5.41) is 11.5. The van der Waals surface area contributed by atoms with Crippen molar-refractivity contribution in [2.45, 2.75) is 12.5 Å². The van der Waals surface area contributed by atoms with E-state index in [0.29, 0.717) is 0 Å². The zero-order chi connectivity index (χ0) is 13.7. The van der Waals surface area contributed by atoms with E-state index < -0.39 is 0 Å². The van der Waals surface area contributed by atoms with Gasteiger partial charge in [0.15, 0.2) is 0 Å². The molecule has 0 saturated carbocycles. The minimum Gasteiger partial charge on any atom is -0.395 e. The van der Waals surface area contributed by atoms with Gasteiger partial charge in [-0.25, -0.2) is 0 Å². The molecule has 0 spiro atoms. The van der Waals surface area contributed by atoms with E-state index in [0.717, 1.165) is 19.5 Å². The summed E-state index contributed by atoms with van der Waals surface area (Å²) in [6.07, 6.45) is 0.999. The topological polar surface area (TPSA) is 49.5 Å². The summed E-state index contributed by atoms with van der Waals surface area (Å²) in [7, 11) is 2.04. The standard InChI is InChI=1S/C16H22N2O/c1-18(11-16(17)12-19)9-8-13-6-7-14-4-2-3-5-15(14)10-13/h2-7,10,16,19H,8-9,11-12,17H2,1H3. The van der Waals surface area contributed by atoms with E-state index >= 15 is 0 Å². The average molecular weight is 258 g/mol. The number of likely N-dealkylation sites (N-methyl/N-ethyl adjacent to an activating group) is 1. The molecule has 2 rings (SSSR count). The van der Waals surface area contributed by atoms with Crippen molar-refractivity contribution in [2.24, 2.45) is 5.73 Å². The average Bonchev–Trinajstić information content (AvgIpc) is 2.44. The normalized spacial score (nSPS) is 13.1. The van der Waals surface area contributed by atoms with Gasteiger partial charge in [-0.3, -0.25) is 0 Å². The molecular formula is C16H22N2O. The molecule has 0 aliphatic rings. The number of nitrogens with zero attached hydrogens (tertiary/aromatic N) is 1. The Morgan fingerprint density at radius 3 is 2.63 bits per heavy atom. The first-order valence-electron chi connectivity index (χ1n) is 6.71. The fourth-order valence-electron chi connectivity index (χ4n) is 2.26. The van der Waals surface area contributed by atoms with Gasteiger partial charge in [-0.2, -0.15) is 0 Å². The van der Waals surface area contributed by atoms with E-state index in [1.807, 2.05) is 7.05 Å². The van der Waals surface area contributed by atoms with Crippen molar-refractivity contribution in [1.29, 1.82) is 0 Å². The van der Waals surface area contributed by atoms with Gasteiger partial charge in [-0.15, -0.1) is 0 Å². The van der Waals surface area contributed by atoms with Gasteiger partial charge in [-0.1, -0.05) is 42.5 Å². The predicted octanol–water partition coefficient (Wildman–Crippen LogP) is 1.63. The smallest absolute Gasteiger partial charge is 0.0595 e. The second-order valence-electron chi connectivity index (χ2n) is 5.14. The van der Waals surface area contributed by atoms with Crippen LogP contribution >= 0.6 is 0 Å². The van der Waals surface area contributed by atoms with Crippen molar-refractivity contribution in [3.05, 3.63) is 48.0 Å². The van der Waals surface area contributed by atoms with E-state index in [1.54, 1.807) is 0 Å². The van der Waals surface area contributed by atoms with Crippen LogP contribution in [0.1, 0.15) is 5.56 Å². The van der Waals surface area contributed by atoms with Crippen LogP contribution in [0.25, 0.3) is 10.8 Å². The Hall–Kier alpha value is -1.42. The van der Waals surface area contributed by atoms with E-state index in [4.69, 9.17) is 10.8 Å². The molecule has 0 aliphatic carbocycles. The Labute approximate surface area is 114 Å². The second-order valence-corrected chi connectivity index (χ2v) is 5.14. The van der Waals surface area contributed by atoms with Crippen molar-refractivity contribution in [3.63, 3.8) is 0 Å². The SMILES string of the molecule is CN(CCc1ccc2ccccc2c1)CC(N)CO. The van der Waals surface area contributed by atoms with E-state index in [1.165, 1.54) is 16.3 Å². The van der Waals surface area contributed by atoms with Crippen molar-refractivity contribution < 1.29 is 5.11 Å². The number of hydrogen-bond donors (Lipinski definition) is 2. The maximum Gasteiger partial charge on any atom is 0.0595 e. The van der Waals surface area contributed by atoms with Crippen LogP contribution in [0.4, 0.5) is 0 Å². The lowest BCUT2D eigenvalue weighted by Crippen LogP contribution is -2.38. The maximum atomic E-state index is 8.94. The van der Waals surface area contributed by atoms with Crippen molar-refractivity contribution >= 4 is 10.8 Å². The zero-order valence-corrected chi connectivity index (χ0v) is 11.4. The molecule has 19 heavy (non-hydrogen) atoms. The van der Waals surface area contributed by atoms with Gasteiger partial charge < -0.3 is 15.7 Å². The van der Waals surface area contributed by atoms with Crippen LogP contribution in [0.5, 0.6) is 0 Å². The molecule has 0 aromatic heterocycles. The number of aliphatic hydroxyl groups is 1. The Balaban J connectivity index is 1.94. The summed E-state index contributed by atoms with van der Waals surface area (Å²) >= 11 is 0. The fraction of sp³-hybridized carbons (Fsp3) is 0.375. The fourth-order valence-corrected chi connectivity index (χ4v) is 2.26. The van der Waals surface area contributed by atoms with Crippen LogP contribution in [0, 0.1) is 0 Å². The minimum atomic E-state index is -0.151. The quantitative estimate of drug-likeness (QED) is 0.828. The van der Waals surface area contributed by atoms with Crippen molar-refractivity contribution in [1.82, 2.24) is 4.90 Å². The third-order valence-electron chi connectivity index (χ3n) is 3.38. The van der Waals surface area contributed by atoms with E-state index in [9.17, 15) is 0 Å². The predicted molar refractivity (Wildman–Crippen MR) is 80.2 cm³/mol. The Bertz CT molecular complexity index is 527. The van der Waals surface area contributed by atoms with E-state index in [2.05, 4.69) is 47.4 Å². The van der Waals surface area contributed by atoms with E-state index in [-0.39, 0.29) is 12.6 Å². The lowest BCUT2D eigenvalue weighted by Gasteiger charge is -2.19. The number of nitrogens with two attached hydrogens (primary N) is 1. The Morgan fingerprint density at radius 1 is 1.16 bits per heavy atom. The molecule has 1 unspecified atom stereocenters. The summed E-state index contributed by atoms with van der Waals surface area (Å²) < 4.78 is 0. The molecule has 2 aromatic carbocycles. The molecule has 0 radical (unpaired) electrons.